The van der Waals surface area contributed by atoms with Crippen molar-refractivity contribution in [2.75, 3.05) is 5.73 Å². The van der Waals surface area contributed by atoms with Crippen molar-refractivity contribution in [2.24, 2.45) is 0 Å². The highest BCUT2D eigenvalue weighted by atomic mass is 32.2. The molecule has 122 valence electrons. The van der Waals surface area contributed by atoms with Crippen LogP contribution in [0.4, 0.5) is 5.82 Å². The Kier molecular flexibility index (Phi) is 3.22. The lowest BCUT2D eigenvalue weighted by atomic mass is 10.2. The second kappa shape index (κ2) is 5.44. The average Bonchev–Trinajstić information content (AvgIpc) is 3.52. The zero-order chi connectivity index (χ0) is 16.1. The van der Waals surface area contributed by atoms with Crippen LogP contribution in [0, 0.1) is 0 Å². The largest absolute Gasteiger partial charge is 0.383 e. The van der Waals surface area contributed by atoms with Gasteiger partial charge in [0.2, 0.25) is 0 Å². The predicted molar refractivity (Wildman–Crippen MR) is 93.8 cm³/mol. The van der Waals surface area contributed by atoms with Crippen LogP contribution in [0.2, 0.25) is 0 Å². The summed E-state index contributed by atoms with van der Waals surface area (Å²) in [6.07, 6.45) is 4.98. The van der Waals surface area contributed by atoms with Gasteiger partial charge in [-0.3, -0.25) is 0 Å². The normalized spacial score (nSPS) is 17.5. The number of aromatic nitrogens is 5. The standard InChI is InChI=1S/C17H18N6S/c18-15-12-3-1-2-4-13(12)19-14(20-15)9-24-17-22-21-16(10-5-6-10)23(17)11-7-8-11/h1-4,10-11H,5-9H2,(H2,18,19,20). The second-order valence-electron chi connectivity index (χ2n) is 6.55. The number of anilines is 1. The molecule has 5 rings (SSSR count). The number of hydrogen-bond acceptors (Lipinski definition) is 6. The van der Waals surface area contributed by atoms with E-state index in [0.29, 0.717) is 23.5 Å². The molecule has 0 atom stereocenters. The predicted octanol–water partition coefficient (Wildman–Crippen LogP) is 3.31. The number of nitrogen functional groups attached to an aromatic ring is 1. The summed E-state index contributed by atoms with van der Waals surface area (Å²) in [5.41, 5.74) is 6.96. The van der Waals surface area contributed by atoms with Crippen LogP contribution in [-0.4, -0.2) is 24.7 Å². The lowest BCUT2D eigenvalue weighted by Gasteiger charge is -2.08. The van der Waals surface area contributed by atoms with Gasteiger partial charge in [0.25, 0.3) is 0 Å². The van der Waals surface area contributed by atoms with E-state index in [-0.39, 0.29) is 0 Å². The molecule has 0 aliphatic heterocycles. The number of para-hydroxylation sites is 1. The molecule has 2 fully saturated rings. The monoisotopic (exact) mass is 338 g/mol. The highest BCUT2D eigenvalue weighted by Crippen LogP contribution is 2.46. The minimum Gasteiger partial charge on any atom is -0.383 e. The maximum Gasteiger partial charge on any atom is 0.191 e. The summed E-state index contributed by atoms with van der Waals surface area (Å²) in [5, 5.41) is 10.8. The number of fused-ring (bicyclic) bond motifs is 1. The molecule has 24 heavy (non-hydrogen) atoms. The summed E-state index contributed by atoms with van der Waals surface area (Å²) in [6, 6.07) is 8.44. The van der Waals surface area contributed by atoms with Gasteiger partial charge in [0, 0.05) is 17.3 Å². The molecular formula is C17H18N6S. The first-order chi connectivity index (χ1) is 11.8. The Balaban J connectivity index is 1.41. The molecule has 1 aromatic carbocycles. The average molecular weight is 338 g/mol. The van der Waals surface area contributed by atoms with Crippen molar-refractivity contribution in [3.63, 3.8) is 0 Å². The number of nitrogens with two attached hydrogens (primary N) is 1. The van der Waals surface area contributed by atoms with Gasteiger partial charge in [0.05, 0.1) is 11.3 Å². The summed E-state index contributed by atoms with van der Waals surface area (Å²) in [4.78, 5) is 9.08. The first-order valence-electron chi connectivity index (χ1n) is 8.38. The summed E-state index contributed by atoms with van der Waals surface area (Å²) in [5.74, 6) is 3.75. The molecule has 2 saturated carbocycles. The van der Waals surface area contributed by atoms with E-state index in [4.69, 9.17) is 5.73 Å². The maximum absolute atomic E-state index is 6.07. The van der Waals surface area contributed by atoms with Crippen LogP contribution in [0.1, 0.15) is 49.3 Å². The SMILES string of the molecule is Nc1nc(CSc2nnc(C3CC3)n2C2CC2)nc2ccccc12. The Morgan fingerprint density at radius 1 is 1.08 bits per heavy atom. The molecule has 0 amide bonds. The molecule has 2 N–H and O–H groups in total. The molecule has 0 unspecified atom stereocenters. The number of benzene rings is 1. The molecule has 2 aliphatic carbocycles. The molecule has 2 heterocycles. The van der Waals surface area contributed by atoms with Crippen molar-refractivity contribution in [3.05, 3.63) is 35.9 Å². The summed E-state index contributed by atoms with van der Waals surface area (Å²) < 4.78 is 2.35. The molecule has 0 saturated heterocycles. The van der Waals surface area contributed by atoms with Gasteiger partial charge < -0.3 is 10.3 Å². The third-order valence-corrected chi connectivity index (χ3v) is 5.49. The van der Waals surface area contributed by atoms with Crippen molar-refractivity contribution in [3.8, 4) is 0 Å². The Hall–Kier alpha value is -2.15. The molecule has 0 spiro atoms. The Morgan fingerprint density at radius 2 is 1.92 bits per heavy atom. The van der Waals surface area contributed by atoms with E-state index in [0.717, 1.165) is 21.9 Å². The molecule has 2 aromatic heterocycles. The van der Waals surface area contributed by atoms with Crippen LogP contribution >= 0.6 is 11.8 Å². The Bertz CT molecular complexity index is 913. The topological polar surface area (TPSA) is 82.5 Å². The number of thioether (sulfide) groups is 1. The number of nitrogens with zero attached hydrogens (tertiary/aromatic N) is 5. The Morgan fingerprint density at radius 3 is 2.71 bits per heavy atom. The summed E-state index contributed by atoms with van der Waals surface area (Å²) in [6.45, 7) is 0. The third-order valence-electron chi connectivity index (χ3n) is 4.55. The van der Waals surface area contributed by atoms with Crippen molar-refractivity contribution < 1.29 is 0 Å². The lowest BCUT2D eigenvalue weighted by molar-refractivity contribution is 0.626. The van der Waals surface area contributed by atoms with E-state index in [1.165, 1.54) is 31.5 Å². The first-order valence-corrected chi connectivity index (χ1v) is 9.37. The van der Waals surface area contributed by atoms with Crippen molar-refractivity contribution in [2.45, 2.75) is 48.6 Å². The molecule has 0 radical (unpaired) electrons. The van der Waals surface area contributed by atoms with Crippen LogP contribution in [0.15, 0.2) is 29.4 Å². The van der Waals surface area contributed by atoms with E-state index in [1.807, 2.05) is 24.3 Å². The van der Waals surface area contributed by atoms with E-state index >= 15 is 0 Å². The Labute approximate surface area is 143 Å². The van der Waals surface area contributed by atoms with Crippen LogP contribution in [0.3, 0.4) is 0 Å². The highest BCUT2D eigenvalue weighted by Gasteiger charge is 2.36. The van der Waals surface area contributed by atoms with E-state index in [1.54, 1.807) is 11.8 Å². The van der Waals surface area contributed by atoms with Crippen molar-refractivity contribution >= 4 is 28.5 Å². The minimum absolute atomic E-state index is 0.540. The molecular weight excluding hydrogens is 320 g/mol. The van der Waals surface area contributed by atoms with Gasteiger partial charge in [-0.15, -0.1) is 10.2 Å². The molecule has 7 heteroatoms. The van der Waals surface area contributed by atoms with Crippen LogP contribution in [0.25, 0.3) is 10.9 Å². The zero-order valence-electron chi connectivity index (χ0n) is 13.2. The van der Waals surface area contributed by atoms with E-state index in [9.17, 15) is 0 Å². The third kappa shape index (κ3) is 2.53. The van der Waals surface area contributed by atoms with Crippen LogP contribution in [0.5, 0.6) is 0 Å². The molecule has 2 aliphatic rings. The number of hydrogen-bond donors (Lipinski definition) is 1. The van der Waals surface area contributed by atoms with Gasteiger partial charge in [0.15, 0.2) is 5.16 Å². The second-order valence-corrected chi connectivity index (χ2v) is 7.49. The molecule has 0 bridgehead atoms. The van der Waals surface area contributed by atoms with Gasteiger partial charge in [0.1, 0.15) is 17.5 Å². The van der Waals surface area contributed by atoms with Gasteiger partial charge in [-0.2, -0.15) is 0 Å². The van der Waals surface area contributed by atoms with Gasteiger partial charge in [-0.05, 0) is 37.8 Å². The number of rotatable bonds is 5. The van der Waals surface area contributed by atoms with Gasteiger partial charge in [-0.1, -0.05) is 23.9 Å². The van der Waals surface area contributed by atoms with Crippen LogP contribution < -0.4 is 5.73 Å². The fourth-order valence-electron chi connectivity index (χ4n) is 3.03. The first kappa shape index (κ1) is 14.2. The zero-order valence-corrected chi connectivity index (χ0v) is 14.0. The summed E-state index contributed by atoms with van der Waals surface area (Å²) >= 11 is 1.66. The van der Waals surface area contributed by atoms with Gasteiger partial charge >= 0.3 is 0 Å². The van der Waals surface area contributed by atoms with Gasteiger partial charge in [-0.25, -0.2) is 9.97 Å². The fourth-order valence-corrected chi connectivity index (χ4v) is 3.89. The molecule has 3 aromatic rings. The van der Waals surface area contributed by atoms with Crippen LogP contribution in [-0.2, 0) is 5.75 Å². The quantitative estimate of drug-likeness (QED) is 0.719. The van der Waals surface area contributed by atoms with E-state index < -0.39 is 0 Å². The smallest absolute Gasteiger partial charge is 0.191 e. The van der Waals surface area contributed by atoms with Crippen molar-refractivity contribution in [1.29, 1.82) is 0 Å². The van der Waals surface area contributed by atoms with Crippen molar-refractivity contribution in [1.82, 2.24) is 24.7 Å². The molecule has 6 nitrogen and oxygen atoms in total. The highest BCUT2D eigenvalue weighted by molar-refractivity contribution is 7.98. The minimum atomic E-state index is 0.540. The summed E-state index contributed by atoms with van der Waals surface area (Å²) in [7, 11) is 0. The fraction of sp³-hybridized carbons (Fsp3) is 0.412. The maximum atomic E-state index is 6.07. The lowest BCUT2D eigenvalue weighted by Crippen LogP contribution is -2.03. The van der Waals surface area contributed by atoms with E-state index in [2.05, 4.69) is 24.7 Å².